The molecular weight excluding hydrogens is 375 g/mol. The lowest BCUT2D eigenvalue weighted by Gasteiger charge is -2.17. The SMILES string of the molecule is Cc1nn(-c2ccccc2)c(C)c1CN(C)CC(=O)NC(=O)NCC(F)(F)F. The molecule has 0 aliphatic rings. The van der Waals surface area contributed by atoms with E-state index in [1.54, 1.807) is 17.3 Å². The van der Waals surface area contributed by atoms with Gasteiger partial charge in [0.1, 0.15) is 6.54 Å². The van der Waals surface area contributed by atoms with Crippen LogP contribution >= 0.6 is 0 Å². The van der Waals surface area contributed by atoms with Gasteiger partial charge in [-0.25, -0.2) is 9.48 Å². The molecule has 0 aliphatic carbocycles. The highest BCUT2D eigenvalue weighted by molar-refractivity contribution is 5.95. The van der Waals surface area contributed by atoms with E-state index in [0.717, 1.165) is 22.6 Å². The highest BCUT2D eigenvalue weighted by Crippen LogP contribution is 2.19. The van der Waals surface area contributed by atoms with E-state index in [1.807, 2.05) is 54.2 Å². The van der Waals surface area contributed by atoms with E-state index >= 15 is 0 Å². The molecule has 1 aromatic heterocycles. The van der Waals surface area contributed by atoms with Gasteiger partial charge in [-0.1, -0.05) is 18.2 Å². The Morgan fingerprint density at radius 3 is 2.43 bits per heavy atom. The quantitative estimate of drug-likeness (QED) is 0.784. The van der Waals surface area contributed by atoms with E-state index in [1.165, 1.54) is 0 Å². The Morgan fingerprint density at radius 1 is 1.18 bits per heavy atom. The number of nitrogens with zero attached hydrogens (tertiary/aromatic N) is 3. The van der Waals surface area contributed by atoms with Gasteiger partial charge >= 0.3 is 12.2 Å². The molecular formula is C18H22F3N5O2. The Bertz CT molecular complexity index is 834. The Labute approximate surface area is 160 Å². The standard InChI is InChI=1S/C18H22F3N5O2/c1-12-15(13(2)26(24-12)14-7-5-4-6-8-14)9-25(3)10-16(27)23-17(28)22-11-18(19,20)21/h4-8H,9-11H2,1-3H3,(H2,22,23,27,28). The molecule has 1 heterocycles. The summed E-state index contributed by atoms with van der Waals surface area (Å²) in [6.07, 6.45) is -4.54. The molecule has 2 N–H and O–H groups in total. The Morgan fingerprint density at radius 2 is 1.82 bits per heavy atom. The number of hydrogen-bond acceptors (Lipinski definition) is 4. The maximum atomic E-state index is 12.1. The number of aromatic nitrogens is 2. The zero-order valence-corrected chi connectivity index (χ0v) is 15.8. The first-order valence-corrected chi connectivity index (χ1v) is 8.50. The summed E-state index contributed by atoms with van der Waals surface area (Å²) in [6.45, 7) is 2.51. The van der Waals surface area contributed by atoms with Crippen molar-refractivity contribution in [1.82, 2.24) is 25.3 Å². The smallest absolute Gasteiger partial charge is 0.329 e. The number of urea groups is 1. The number of nitrogens with one attached hydrogen (secondary N) is 2. The van der Waals surface area contributed by atoms with Gasteiger partial charge < -0.3 is 5.32 Å². The van der Waals surface area contributed by atoms with Gasteiger partial charge in [-0.05, 0) is 33.0 Å². The van der Waals surface area contributed by atoms with E-state index in [4.69, 9.17) is 0 Å². The summed E-state index contributed by atoms with van der Waals surface area (Å²) in [6, 6.07) is 8.41. The van der Waals surface area contributed by atoms with E-state index in [9.17, 15) is 22.8 Å². The lowest BCUT2D eigenvalue weighted by molar-refractivity contribution is -0.125. The Kier molecular flexibility index (Phi) is 6.79. The largest absolute Gasteiger partial charge is 0.405 e. The number of imide groups is 1. The maximum Gasteiger partial charge on any atom is 0.405 e. The summed E-state index contributed by atoms with van der Waals surface area (Å²) >= 11 is 0. The maximum absolute atomic E-state index is 12.1. The molecule has 0 saturated carbocycles. The van der Waals surface area contributed by atoms with Gasteiger partial charge in [-0.3, -0.25) is 15.0 Å². The molecule has 7 nitrogen and oxygen atoms in total. The highest BCUT2D eigenvalue weighted by Gasteiger charge is 2.28. The van der Waals surface area contributed by atoms with Crippen molar-refractivity contribution in [2.24, 2.45) is 0 Å². The number of likely N-dealkylation sites (N-methyl/N-ethyl adjacent to an activating group) is 1. The average molecular weight is 397 g/mol. The van der Waals surface area contributed by atoms with Crippen LogP contribution in [0.5, 0.6) is 0 Å². The van der Waals surface area contributed by atoms with E-state index < -0.39 is 24.7 Å². The number of alkyl halides is 3. The number of halogens is 3. The normalized spacial score (nSPS) is 11.5. The molecule has 152 valence electrons. The number of rotatable bonds is 6. The van der Waals surface area contributed by atoms with Gasteiger partial charge in [0, 0.05) is 17.8 Å². The van der Waals surface area contributed by atoms with Crippen molar-refractivity contribution in [3.05, 3.63) is 47.3 Å². The van der Waals surface area contributed by atoms with Crippen molar-refractivity contribution in [1.29, 1.82) is 0 Å². The lowest BCUT2D eigenvalue weighted by Crippen LogP contribution is -2.46. The van der Waals surface area contributed by atoms with Crippen LogP contribution in [0.15, 0.2) is 30.3 Å². The molecule has 0 fully saturated rings. The second kappa shape index (κ2) is 8.87. The summed E-state index contributed by atoms with van der Waals surface area (Å²) < 4.78 is 38.0. The van der Waals surface area contributed by atoms with Gasteiger partial charge in [-0.2, -0.15) is 18.3 Å². The van der Waals surface area contributed by atoms with Crippen LogP contribution in [0.2, 0.25) is 0 Å². The van der Waals surface area contributed by atoms with Crippen molar-refractivity contribution >= 4 is 11.9 Å². The van der Waals surface area contributed by atoms with Gasteiger partial charge in [-0.15, -0.1) is 0 Å². The van der Waals surface area contributed by atoms with Crippen LogP contribution in [-0.2, 0) is 11.3 Å². The Hall–Kier alpha value is -2.88. The zero-order chi connectivity index (χ0) is 20.9. The minimum absolute atomic E-state index is 0.158. The number of para-hydroxylation sites is 1. The first kappa shape index (κ1) is 21.4. The summed E-state index contributed by atoms with van der Waals surface area (Å²) in [5, 5.41) is 7.99. The second-order valence-electron chi connectivity index (χ2n) is 6.42. The topological polar surface area (TPSA) is 79.3 Å². The second-order valence-corrected chi connectivity index (χ2v) is 6.42. The molecule has 2 aromatic rings. The van der Waals surface area contributed by atoms with Crippen molar-refractivity contribution in [3.63, 3.8) is 0 Å². The number of amides is 3. The zero-order valence-electron chi connectivity index (χ0n) is 15.8. The third-order valence-corrected chi connectivity index (χ3v) is 3.99. The van der Waals surface area contributed by atoms with Crippen LogP contribution in [0.25, 0.3) is 5.69 Å². The summed E-state index contributed by atoms with van der Waals surface area (Å²) in [7, 11) is 1.67. The molecule has 0 unspecified atom stereocenters. The number of aryl methyl sites for hydroxylation is 1. The molecule has 0 saturated heterocycles. The average Bonchev–Trinajstić information content (AvgIpc) is 2.88. The highest BCUT2D eigenvalue weighted by atomic mass is 19.4. The van der Waals surface area contributed by atoms with Crippen LogP contribution in [0.3, 0.4) is 0 Å². The number of hydrogen-bond donors (Lipinski definition) is 2. The van der Waals surface area contributed by atoms with Gasteiger partial charge in [0.2, 0.25) is 5.91 Å². The predicted octanol–water partition coefficient (Wildman–Crippen LogP) is 2.31. The van der Waals surface area contributed by atoms with Crippen molar-refractivity contribution in [2.45, 2.75) is 26.6 Å². The monoisotopic (exact) mass is 397 g/mol. The van der Waals surface area contributed by atoms with Crippen molar-refractivity contribution in [2.75, 3.05) is 20.1 Å². The van der Waals surface area contributed by atoms with Crippen LogP contribution in [0, 0.1) is 13.8 Å². The first-order valence-electron chi connectivity index (χ1n) is 8.50. The fourth-order valence-electron chi connectivity index (χ4n) is 2.69. The minimum Gasteiger partial charge on any atom is -0.329 e. The summed E-state index contributed by atoms with van der Waals surface area (Å²) in [5.74, 6) is -0.701. The number of benzene rings is 1. The van der Waals surface area contributed by atoms with E-state index in [-0.39, 0.29) is 6.54 Å². The van der Waals surface area contributed by atoms with Crippen LogP contribution in [0.1, 0.15) is 17.0 Å². The van der Waals surface area contributed by atoms with Crippen molar-refractivity contribution in [3.8, 4) is 5.69 Å². The minimum atomic E-state index is -4.54. The van der Waals surface area contributed by atoms with Crippen LogP contribution in [0.4, 0.5) is 18.0 Å². The number of carbonyl (C=O) groups excluding carboxylic acids is 2. The molecule has 0 spiro atoms. The molecule has 10 heteroatoms. The third-order valence-electron chi connectivity index (χ3n) is 3.99. The molecule has 28 heavy (non-hydrogen) atoms. The molecule has 0 bridgehead atoms. The molecule has 1 aromatic carbocycles. The fraction of sp³-hybridized carbons (Fsp3) is 0.389. The van der Waals surface area contributed by atoms with E-state index in [0.29, 0.717) is 6.54 Å². The molecule has 0 aliphatic heterocycles. The molecule has 0 atom stereocenters. The van der Waals surface area contributed by atoms with Gasteiger partial charge in [0.05, 0.1) is 17.9 Å². The third kappa shape index (κ3) is 6.08. The van der Waals surface area contributed by atoms with E-state index in [2.05, 4.69) is 5.10 Å². The molecule has 0 radical (unpaired) electrons. The van der Waals surface area contributed by atoms with Crippen molar-refractivity contribution < 1.29 is 22.8 Å². The van der Waals surface area contributed by atoms with Gasteiger partial charge in [0.15, 0.2) is 0 Å². The lowest BCUT2D eigenvalue weighted by atomic mass is 10.2. The summed E-state index contributed by atoms with van der Waals surface area (Å²) in [5.41, 5.74) is 3.56. The van der Waals surface area contributed by atoms with Gasteiger partial charge in [0.25, 0.3) is 0 Å². The van der Waals surface area contributed by atoms with Crippen LogP contribution < -0.4 is 10.6 Å². The Balaban J connectivity index is 1.94. The predicted molar refractivity (Wildman–Crippen MR) is 97.0 cm³/mol. The fourth-order valence-corrected chi connectivity index (χ4v) is 2.69. The summed E-state index contributed by atoms with van der Waals surface area (Å²) in [4.78, 5) is 24.8. The molecule has 2 rings (SSSR count). The molecule has 3 amide bonds. The number of carbonyl (C=O) groups is 2. The van der Waals surface area contributed by atoms with Crippen LogP contribution in [-0.4, -0.2) is 52.9 Å². The first-order chi connectivity index (χ1) is 13.1.